The molecule has 0 fully saturated rings. The van der Waals surface area contributed by atoms with Crippen molar-refractivity contribution in [3.8, 4) is 0 Å². The normalized spacial score (nSPS) is 13.7. The number of hydrogen-bond donors (Lipinski definition) is 3. The highest BCUT2D eigenvalue weighted by Gasteiger charge is 2.21. The van der Waals surface area contributed by atoms with Gasteiger partial charge in [0, 0.05) is 24.1 Å². The first-order valence-corrected chi connectivity index (χ1v) is 6.18. The van der Waals surface area contributed by atoms with E-state index in [2.05, 4.69) is 5.32 Å². The molecular weight excluding hydrogens is 270 g/mol. The number of aliphatic hydroxyl groups is 2. The smallest absolute Gasteiger partial charge is 0.216 e. The molecule has 0 heterocycles. The topological polar surface area (TPSA) is 86.6 Å². The predicted molar refractivity (Wildman–Crippen MR) is 71.1 cm³/mol. The highest BCUT2D eigenvalue weighted by molar-refractivity contribution is 6.30. The quantitative estimate of drug-likeness (QED) is 0.683. The lowest BCUT2D eigenvalue weighted by atomic mass is 9.97. The minimum Gasteiger partial charge on any atom is -0.390 e. The zero-order valence-corrected chi connectivity index (χ0v) is 11.2. The van der Waals surface area contributed by atoms with Gasteiger partial charge in [0.25, 0.3) is 0 Å². The number of aldehydes is 1. The van der Waals surface area contributed by atoms with E-state index in [1.54, 1.807) is 0 Å². The summed E-state index contributed by atoms with van der Waals surface area (Å²) in [7, 11) is 0. The lowest BCUT2D eigenvalue weighted by Gasteiger charge is -2.19. The van der Waals surface area contributed by atoms with Crippen molar-refractivity contribution in [1.82, 2.24) is 5.32 Å². The molecular formula is C13H16ClNO4. The summed E-state index contributed by atoms with van der Waals surface area (Å²) in [5.41, 5.74) is 0.549. The van der Waals surface area contributed by atoms with Gasteiger partial charge in [0.15, 0.2) is 0 Å². The maximum Gasteiger partial charge on any atom is 0.216 e. The summed E-state index contributed by atoms with van der Waals surface area (Å²) >= 11 is 5.80. The van der Waals surface area contributed by atoms with Crippen LogP contribution in [0.2, 0.25) is 5.02 Å². The Morgan fingerprint density at radius 2 is 2.16 bits per heavy atom. The average molecular weight is 286 g/mol. The Hall–Kier alpha value is -1.43. The molecule has 6 heteroatoms. The van der Waals surface area contributed by atoms with Crippen molar-refractivity contribution >= 4 is 23.8 Å². The van der Waals surface area contributed by atoms with Gasteiger partial charge in [-0.15, -0.1) is 0 Å². The first kappa shape index (κ1) is 15.6. The van der Waals surface area contributed by atoms with Gasteiger partial charge in [-0.05, 0) is 30.2 Å². The van der Waals surface area contributed by atoms with Crippen molar-refractivity contribution in [1.29, 1.82) is 0 Å². The summed E-state index contributed by atoms with van der Waals surface area (Å²) in [6, 6.07) is 4.46. The van der Waals surface area contributed by atoms with Crippen molar-refractivity contribution in [2.75, 3.05) is 6.54 Å². The van der Waals surface area contributed by atoms with Crippen molar-refractivity contribution in [3.05, 3.63) is 34.3 Å². The fourth-order valence-electron chi connectivity index (χ4n) is 1.67. The van der Waals surface area contributed by atoms with Crippen LogP contribution in [0.25, 0.3) is 0 Å². The van der Waals surface area contributed by atoms with Gasteiger partial charge in [0.2, 0.25) is 5.91 Å². The van der Waals surface area contributed by atoms with Gasteiger partial charge in [-0.1, -0.05) is 11.6 Å². The third-order valence-electron chi connectivity index (χ3n) is 2.67. The van der Waals surface area contributed by atoms with Crippen LogP contribution in [0, 0.1) is 0 Å². The largest absolute Gasteiger partial charge is 0.390 e. The van der Waals surface area contributed by atoms with E-state index in [1.165, 1.54) is 25.1 Å². The van der Waals surface area contributed by atoms with Crippen LogP contribution in [-0.4, -0.2) is 35.1 Å². The van der Waals surface area contributed by atoms with Crippen molar-refractivity contribution in [2.24, 2.45) is 0 Å². The Labute approximate surface area is 116 Å². The third-order valence-corrected chi connectivity index (χ3v) is 2.91. The fourth-order valence-corrected chi connectivity index (χ4v) is 1.85. The van der Waals surface area contributed by atoms with Gasteiger partial charge in [-0.3, -0.25) is 9.59 Å². The van der Waals surface area contributed by atoms with Gasteiger partial charge in [-0.25, -0.2) is 0 Å². The highest BCUT2D eigenvalue weighted by Crippen LogP contribution is 2.25. The van der Waals surface area contributed by atoms with E-state index in [1.807, 2.05) is 0 Å². The Morgan fingerprint density at radius 3 is 2.74 bits per heavy atom. The number of halogens is 1. The Balaban J connectivity index is 2.75. The molecule has 0 saturated carbocycles. The molecule has 1 aromatic rings. The highest BCUT2D eigenvalue weighted by atomic mass is 35.5. The SMILES string of the molecule is CC(=O)NCCC(O)C(O)c1cc(Cl)ccc1C=O. The van der Waals surface area contributed by atoms with Gasteiger partial charge in [0.1, 0.15) is 12.4 Å². The van der Waals surface area contributed by atoms with Crippen molar-refractivity contribution < 1.29 is 19.8 Å². The van der Waals surface area contributed by atoms with E-state index in [9.17, 15) is 19.8 Å². The summed E-state index contributed by atoms with van der Waals surface area (Å²) in [6.45, 7) is 1.61. The van der Waals surface area contributed by atoms with Crippen LogP contribution in [-0.2, 0) is 4.79 Å². The molecule has 2 atom stereocenters. The number of benzene rings is 1. The molecule has 3 N–H and O–H groups in total. The lowest BCUT2D eigenvalue weighted by molar-refractivity contribution is -0.119. The van der Waals surface area contributed by atoms with E-state index < -0.39 is 12.2 Å². The maximum absolute atomic E-state index is 10.9. The molecule has 1 aromatic carbocycles. The van der Waals surface area contributed by atoms with Crippen LogP contribution in [0.1, 0.15) is 35.4 Å². The first-order valence-electron chi connectivity index (χ1n) is 5.81. The van der Waals surface area contributed by atoms with Gasteiger partial charge < -0.3 is 15.5 Å². The second-order valence-electron chi connectivity index (χ2n) is 4.17. The van der Waals surface area contributed by atoms with E-state index >= 15 is 0 Å². The molecule has 0 aliphatic heterocycles. The predicted octanol–water partition coefficient (Wildman–Crippen LogP) is 1.07. The zero-order chi connectivity index (χ0) is 14.4. The number of carbonyl (C=O) groups is 2. The number of aliphatic hydroxyl groups excluding tert-OH is 2. The number of rotatable bonds is 6. The molecule has 5 nitrogen and oxygen atoms in total. The van der Waals surface area contributed by atoms with Gasteiger partial charge >= 0.3 is 0 Å². The van der Waals surface area contributed by atoms with E-state index in [0.29, 0.717) is 11.3 Å². The monoisotopic (exact) mass is 285 g/mol. The standard InChI is InChI=1S/C13H16ClNO4/c1-8(17)15-5-4-12(18)13(19)11-6-10(14)3-2-9(11)7-16/h2-3,6-7,12-13,18-19H,4-5H2,1H3,(H,15,17). The first-order chi connectivity index (χ1) is 8.95. The Bertz CT molecular complexity index is 464. The van der Waals surface area contributed by atoms with Gasteiger partial charge in [-0.2, -0.15) is 0 Å². The minimum atomic E-state index is -1.23. The second kappa shape index (κ2) is 7.23. The molecule has 0 bridgehead atoms. The second-order valence-corrected chi connectivity index (χ2v) is 4.61. The summed E-state index contributed by atoms with van der Waals surface area (Å²) in [5.74, 6) is -0.210. The number of nitrogens with one attached hydrogen (secondary N) is 1. The van der Waals surface area contributed by atoms with E-state index in [0.717, 1.165) is 0 Å². The zero-order valence-electron chi connectivity index (χ0n) is 10.5. The van der Waals surface area contributed by atoms with Crippen molar-refractivity contribution in [2.45, 2.75) is 25.6 Å². The molecule has 1 amide bonds. The van der Waals surface area contributed by atoms with Gasteiger partial charge in [0.05, 0.1) is 6.10 Å². The van der Waals surface area contributed by atoms with E-state index in [4.69, 9.17) is 11.6 Å². The molecule has 0 spiro atoms. The van der Waals surface area contributed by atoms with Crippen LogP contribution in [0.3, 0.4) is 0 Å². The van der Waals surface area contributed by atoms with Crippen LogP contribution in [0.5, 0.6) is 0 Å². The molecule has 104 valence electrons. The number of carbonyl (C=O) groups excluding carboxylic acids is 2. The lowest BCUT2D eigenvalue weighted by Crippen LogP contribution is -2.28. The van der Waals surface area contributed by atoms with Crippen molar-refractivity contribution in [3.63, 3.8) is 0 Å². The van der Waals surface area contributed by atoms with Crippen LogP contribution < -0.4 is 5.32 Å². The molecule has 19 heavy (non-hydrogen) atoms. The fraction of sp³-hybridized carbons (Fsp3) is 0.385. The third kappa shape index (κ3) is 4.63. The average Bonchev–Trinajstić information content (AvgIpc) is 2.37. The van der Waals surface area contributed by atoms with Crippen LogP contribution in [0.4, 0.5) is 0 Å². The maximum atomic E-state index is 10.9. The minimum absolute atomic E-state index is 0.172. The number of hydrogen-bond acceptors (Lipinski definition) is 4. The van der Waals surface area contributed by atoms with Crippen LogP contribution in [0.15, 0.2) is 18.2 Å². The summed E-state index contributed by atoms with van der Waals surface area (Å²) in [6.07, 6.45) is -1.56. The molecule has 2 unspecified atom stereocenters. The van der Waals surface area contributed by atoms with Crippen LogP contribution >= 0.6 is 11.6 Å². The molecule has 0 aliphatic rings. The molecule has 0 radical (unpaired) electrons. The molecule has 0 saturated heterocycles. The van der Waals surface area contributed by atoms with E-state index in [-0.39, 0.29) is 30.0 Å². The number of amides is 1. The summed E-state index contributed by atoms with van der Waals surface area (Å²) < 4.78 is 0. The molecule has 0 aromatic heterocycles. The Morgan fingerprint density at radius 1 is 1.47 bits per heavy atom. The molecule has 0 aliphatic carbocycles. The Kier molecular flexibility index (Phi) is 5.95. The summed E-state index contributed by atoms with van der Waals surface area (Å²) in [5, 5.41) is 22.7. The summed E-state index contributed by atoms with van der Waals surface area (Å²) in [4.78, 5) is 21.6. The molecule has 1 rings (SSSR count).